The molecule has 1 aromatic carbocycles. The Morgan fingerprint density at radius 1 is 1.25 bits per heavy atom. The Balaban J connectivity index is 2.15. The molecular formula is C16H21N3O. The van der Waals surface area contributed by atoms with Crippen LogP contribution in [-0.2, 0) is 6.42 Å². The van der Waals surface area contributed by atoms with Crippen LogP contribution >= 0.6 is 0 Å². The van der Waals surface area contributed by atoms with E-state index in [1.54, 1.807) is 0 Å². The van der Waals surface area contributed by atoms with Crippen molar-refractivity contribution in [2.75, 3.05) is 20.1 Å². The van der Waals surface area contributed by atoms with E-state index in [-0.39, 0.29) is 11.7 Å². The number of aromatic nitrogens is 2. The third-order valence-electron chi connectivity index (χ3n) is 4.30. The highest BCUT2D eigenvalue weighted by atomic mass is 16.1. The van der Waals surface area contributed by atoms with Gasteiger partial charge in [-0.2, -0.15) is 4.98 Å². The third kappa shape index (κ3) is 2.24. The molecule has 2 heterocycles. The summed E-state index contributed by atoms with van der Waals surface area (Å²) in [7, 11) is 2.13. The SMILES string of the molecule is CCc1nc(=O)n(C2CCN(C)CC2)c2ccccc12. The van der Waals surface area contributed by atoms with Crippen molar-refractivity contribution in [3.63, 3.8) is 0 Å². The van der Waals surface area contributed by atoms with E-state index in [2.05, 4.69) is 29.1 Å². The molecule has 0 aliphatic carbocycles. The molecule has 0 atom stereocenters. The van der Waals surface area contributed by atoms with Crippen LogP contribution in [0.25, 0.3) is 10.9 Å². The number of likely N-dealkylation sites (tertiary alicyclic amines) is 1. The van der Waals surface area contributed by atoms with Crippen LogP contribution in [-0.4, -0.2) is 34.6 Å². The number of hydrogen-bond donors (Lipinski definition) is 0. The molecule has 0 unspecified atom stereocenters. The minimum absolute atomic E-state index is 0.0879. The summed E-state index contributed by atoms with van der Waals surface area (Å²) in [6, 6.07) is 8.43. The van der Waals surface area contributed by atoms with Gasteiger partial charge in [-0.15, -0.1) is 0 Å². The van der Waals surface area contributed by atoms with Gasteiger partial charge in [0.15, 0.2) is 0 Å². The van der Waals surface area contributed by atoms with Crippen molar-refractivity contribution in [1.29, 1.82) is 0 Å². The lowest BCUT2D eigenvalue weighted by atomic mass is 10.0. The maximum absolute atomic E-state index is 12.4. The van der Waals surface area contributed by atoms with Gasteiger partial charge in [-0.1, -0.05) is 25.1 Å². The molecule has 0 bridgehead atoms. The Kier molecular flexibility index (Phi) is 3.57. The van der Waals surface area contributed by atoms with Crippen LogP contribution in [0.4, 0.5) is 0 Å². The molecular weight excluding hydrogens is 250 g/mol. The molecule has 1 aliphatic rings. The molecule has 3 rings (SSSR count). The zero-order valence-electron chi connectivity index (χ0n) is 12.2. The highest BCUT2D eigenvalue weighted by Gasteiger charge is 2.21. The van der Waals surface area contributed by atoms with Crippen molar-refractivity contribution < 1.29 is 0 Å². The van der Waals surface area contributed by atoms with Gasteiger partial charge in [0.2, 0.25) is 0 Å². The molecule has 106 valence electrons. The normalized spacial score (nSPS) is 17.7. The Labute approximate surface area is 119 Å². The van der Waals surface area contributed by atoms with Crippen molar-refractivity contribution in [1.82, 2.24) is 14.5 Å². The highest BCUT2D eigenvalue weighted by Crippen LogP contribution is 2.25. The third-order valence-corrected chi connectivity index (χ3v) is 4.30. The summed E-state index contributed by atoms with van der Waals surface area (Å²) in [5.74, 6) is 0. The van der Waals surface area contributed by atoms with E-state index in [9.17, 15) is 4.79 Å². The van der Waals surface area contributed by atoms with Crippen LogP contribution < -0.4 is 5.69 Å². The summed E-state index contributed by atoms with van der Waals surface area (Å²) in [4.78, 5) is 19.1. The average Bonchev–Trinajstić information content (AvgIpc) is 2.48. The monoisotopic (exact) mass is 271 g/mol. The molecule has 4 nitrogen and oxygen atoms in total. The molecule has 1 aliphatic heterocycles. The van der Waals surface area contributed by atoms with E-state index in [0.29, 0.717) is 0 Å². The maximum Gasteiger partial charge on any atom is 0.348 e. The first-order chi connectivity index (χ1) is 9.70. The molecule has 0 spiro atoms. The van der Waals surface area contributed by atoms with E-state index in [1.165, 1.54) is 0 Å². The fourth-order valence-corrected chi connectivity index (χ4v) is 3.14. The van der Waals surface area contributed by atoms with Gasteiger partial charge < -0.3 is 4.90 Å². The molecule has 2 aromatic rings. The molecule has 20 heavy (non-hydrogen) atoms. The minimum Gasteiger partial charge on any atom is -0.306 e. The topological polar surface area (TPSA) is 38.1 Å². The number of fused-ring (bicyclic) bond motifs is 1. The molecule has 0 radical (unpaired) electrons. The van der Waals surface area contributed by atoms with Gasteiger partial charge in [-0.05, 0) is 45.5 Å². The van der Waals surface area contributed by atoms with E-state index >= 15 is 0 Å². The zero-order valence-corrected chi connectivity index (χ0v) is 12.2. The van der Waals surface area contributed by atoms with Gasteiger partial charge in [0.25, 0.3) is 0 Å². The summed E-state index contributed by atoms with van der Waals surface area (Å²) in [6.07, 6.45) is 2.84. The number of nitrogens with zero attached hydrogens (tertiary/aromatic N) is 3. The Hall–Kier alpha value is -1.68. The van der Waals surface area contributed by atoms with Gasteiger partial charge in [-0.25, -0.2) is 4.79 Å². The lowest BCUT2D eigenvalue weighted by molar-refractivity contribution is 0.220. The second-order valence-electron chi connectivity index (χ2n) is 5.62. The van der Waals surface area contributed by atoms with Gasteiger partial charge in [0, 0.05) is 11.4 Å². The number of benzene rings is 1. The highest BCUT2D eigenvalue weighted by molar-refractivity contribution is 5.81. The molecule has 0 amide bonds. The second-order valence-corrected chi connectivity index (χ2v) is 5.62. The summed E-state index contributed by atoms with van der Waals surface area (Å²) in [5.41, 5.74) is 1.86. The molecule has 0 saturated carbocycles. The van der Waals surface area contributed by atoms with E-state index in [1.807, 2.05) is 23.6 Å². The number of rotatable bonds is 2. The summed E-state index contributed by atoms with van der Waals surface area (Å²) in [6.45, 7) is 4.13. The molecule has 0 N–H and O–H groups in total. The van der Waals surface area contributed by atoms with Gasteiger partial charge >= 0.3 is 5.69 Å². The van der Waals surface area contributed by atoms with Crippen LogP contribution in [0, 0.1) is 0 Å². The molecule has 4 heteroatoms. The van der Waals surface area contributed by atoms with Crippen molar-refractivity contribution >= 4 is 10.9 Å². The van der Waals surface area contributed by atoms with Crippen molar-refractivity contribution in [3.05, 3.63) is 40.4 Å². The fourth-order valence-electron chi connectivity index (χ4n) is 3.14. The van der Waals surface area contributed by atoms with Crippen molar-refractivity contribution in [2.45, 2.75) is 32.2 Å². The molecule has 1 fully saturated rings. The van der Waals surface area contributed by atoms with Crippen LogP contribution in [0.15, 0.2) is 29.1 Å². The number of aryl methyl sites for hydroxylation is 1. The van der Waals surface area contributed by atoms with Crippen LogP contribution in [0.2, 0.25) is 0 Å². The van der Waals surface area contributed by atoms with Crippen LogP contribution in [0.5, 0.6) is 0 Å². The van der Waals surface area contributed by atoms with Gasteiger partial charge in [0.05, 0.1) is 11.2 Å². The lowest BCUT2D eigenvalue weighted by Crippen LogP contribution is -2.36. The fraction of sp³-hybridized carbons (Fsp3) is 0.500. The van der Waals surface area contributed by atoms with Crippen LogP contribution in [0.1, 0.15) is 31.5 Å². The number of piperidine rings is 1. The predicted molar refractivity (Wildman–Crippen MR) is 81.1 cm³/mol. The maximum atomic E-state index is 12.4. The van der Waals surface area contributed by atoms with Gasteiger partial charge in [-0.3, -0.25) is 4.57 Å². The Bertz CT molecular complexity index is 669. The summed E-state index contributed by atoms with van der Waals surface area (Å²) < 4.78 is 1.92. The largest absolute Gasteiger partial charge is 0.348 e. The van der Waals surface area contributed by atoms with Crippen LogP contribution in [0.3, 0.4) is 0 Å². The molecule has 1 aromatic heterocycles. The average molecular weight is 271 g/mol. The summed E-state index contributed by atoms with van der Waals surface area (Å²) >= 11 is 0. The van der Waals surface area contributed by atoms with Gasteiger partial charge in [0.1, 0.15) is 0 Å². The van der Waals surface area contributed by atoms with E-state index in [0.717, 1.165) is 48.9 Å². The lowest BCUT2D eigenvalue weighted by Gasteiger charge is -2.30. The van der Waals surface area contributed by atoms with Crippen molar-refractivity contribution in [3.8, 4) is 0 Å². The van der Waals surface area contributed by atoms with Crippen molar-refractivity contribution in [2.24, 2.45) is 0 Å². The van der Waals surface area contributed by atoms with E-state index < -0.39 is 0 Å². The number of hydrogen-bond acceptors (Lipinski definition) is 3. The Morgan fingerprint density at radius 2 is 1.95 bits per heavy atom. The Morgan fingerprint density at radius 3 is 2.65 bits per heavy atom. The minimum atomic E-state index is -0.0879. The molecule has 1 saturated heterocycles. The predicted octanol–water partition coefficient (Wildman–Crippen LogP) is 2.23. The van der Waals surface area contributed by atoms with E-state index in [4.69, 9.17) is 0 Å². The number of para-hydroxylation sites is 1. The first-order valence-electron chi connectivity index (χ1n) is 7.39. The quantitative estimate of drug-likeness (QED) is 0.840. The first-order valence-corrected chi connectivity index (χ1v) is 7.39. The summed E-state index contributed by atoms with van der Waals surface area (Å²) in [5, 5.41) is 1.12. The first kappa shape index (κ1) is 13.3. The smallest absolute Gasteiger partial charge is 0.306 e. The standard InChI is InChI=1S/C16H21N3O/c1-3-14-13-6-4-5-7-15(13)19(16(20)17-14)12-8-10-18(2)11-9-12/h4-7,12H,3,8-11H2,1-2H3. The zero-order chi connectivity index (χ0) is 14.1. The second kappa shape index (κ2) is 5.37.